The highest BCUT2D eigenvalue weighted by molar-refractivity contribution is 5.80. The molecule has 0 radical (unpaired) electrons. The maximum atomic E-state index is 13.1. The lowest BCUT2D eigenvalue weighted by atomic mass is 10.00. The Morgan fingerprint density at radius 3 is 2.53 bits per heavy atom. The quantitative estimate of drug-likeness (QED) is 0.312. The summed E-state index contributed by atoms with van der Waals surface area (Å²) in [5.74, 6) is 3.05. The minimum absolute atomic E-state index is 0.130. The summed E-state index contributed by atoms with van der Waals surface area (Å²) in [6.07, 6.45) is 3.28. The number of H-pyrrole nitrogens is 1. The summed E-state index contributed by atoms with van der Waals surface area (Å²) in [5, 5.41) is 13.5. The van der Waals surface area contributed by atoms with Crippen LogP contribution in [0.4, 0.5) is 0 Å². The molecule has 0 bridgehead atoms. The topological polar surface area (TPSA) is 115 Å². The second-order valence-corrected chi connectivity index (χ2v) is 9.02. The molecular formula is C26H28N6O4. The van der Waals surface area contributed by atoms with Gasteiger partial charge in [-0.05, 0) is 64.2 Å². The Morgan fingerprint density at radius 2 is 1.83 bits per heavy atom. The van der Waals surface area contributed by atoms with E-state index in [1.54, 1.807) is 24.3 Å². The van der Waals surface area contributed by atoms with Gasteiger partial charge in [-0.2, -0.15) is 0 Å². The van der Waals surface area contributed by atoms with Crippen LogP contribution in [0, 0.1) is 5.92 Å². The van der Waals surface area contributed by atoms with Crippen LogP contribution >= 0.6 is 0 Å². The fourth-order valence-electron chi connectivity index (χ4n) is 4.51. The van der Waals surface area contributed by atoms with Crippen molar-refractivity contribution in [2.24, 2.45) is 5.92 Å². The zero-order valence-electron chi connectivity index (χ0n) is 20.4. The first kappa shape index (κ1) is 23.6. The molecule has 36 heavy (non-hydrogen) atoms. The van der Waals surface area contributed by atoms with Gasteiger partial charge >= 0.3 is 0 Å². The van der Waals surface area contributed by atoms with E-state index in [9.17, 15) is 4.79 Å². The second-order valence-electron chi connectivity index (χ2n) is 9.02. The third kappa shape index (κ3) is 4.94. The highest BCUT2D eigenvalue weighted by atomic mass is 16.5. The summed E-state index contributed by atoms with van der Waals surface area (Å²) in [6, 6.07) is 14.9. The summed E-state index contributed by atoms with van der Waals surface area (Å²) in [7, 11) is 1.60. The number of tetrazole rings is 1. The molecular weight excluding hydrogens is 460 g/mol. The molecule has 0 aliphatic carbocycles. The number of hydrogen-bond donors (Lipinski definition) is 1. The lowest BCUT2D eigenvalue weighted by molar-refractivity contribution is 0.116. The Labute approximate surface area is 207 Å². The minimum Gasteiger partial charge on any atom is -0.497 e. The number of hydrogen-bond acceptors (Lipinski definition) is 8. The van der Waals surface area contributed by atoms with Gasteiger partial charge in [0, 0.05) is 18.2 Å². The molecule has 0 fully saturated rings. The SMILES string of the molecule is COc1ccc2cc(CN(Cc3ccco3)C(c3nnnn3Cc3ccco3)C(C)C)c(=O)[nH]c2c1. The lowest BCUT2D eigenvalue weighted by Crippen LogP contribution is -2.35. The number of pyridine rings is 1. The predicted octanol–water partition coefficient (Wildman–Crippen LogP) is 4.16. The Morgan fingerprint density at radius 1 is 1.06 bits per heavy atom. The monoisotopic (exact) mass is 488 g/mol. The largest absolute Gasteiger partial charge is 0.497 e. The van der Waals surface area contributed by atoms with Gasteiger partial charge in [-0.1, -0.05) is 13.8 Å². The maximum absolute atomic E-state index is 13.1. The Kier molecular flexibility index (Phi) is 6.68. The van der Waals surface area contributed by atoms with Gasteiger partial charge in [0.25, 0.3) is 5.56 Å². The third-order valence-corrected chi connectivity index (χ3v) is 6.18. The van der Waals surface area contributed by atoms with Crippen molar-refractivity contribution in [1.82, 2.24) is 30.1 Å². The van der Waals surface area contributed by atoms with Crippen LogP contribution in [0.1, 0.15) is 42.8 Å². The molecule has 0 aliphatic heterocycles. The molecule has 1 aromatic carbocycles. The lowest BCUT2D eigenvalue weighted by Gasteiger charge is -2.32. The number of aromatic amines is 1. The van der Waals surface area contributed by atoms with Crippen molar-refractivity contribution in [1.29, 1.82) is 0 Å². The molecule has 4 aromatic heterocycles. The molecule has 5 rings (SSSR count). The van der Waals surface area contributed by atoms with Gasteiger partial charge in [-0.15, -0.1) is 5.10 Å². The van der Waals surface area contributed by atoms with Gasteiger partial charge in [-0.25, -0.2) is 4.68 Å². The van der Waals surface area contributed by atoms with Crippen LogP contribution in [0.2, 0.25) is 0 Å². The van der Waals surface area contributed by atoms with Crippen LogP contribution in [-0.4, -0.2) is 37.2 Å². The molecule has 0 aliphatic rings. The number of rotatable bonds is 10. The van der Waals surface area contributed by atoms with Crippen molar-refractivity contribution in [3.8, 4) is 5.75 Å². The van der Waals surface area contributed by atoms with E-state index >= 15 is 0 Å². The standard InChI is InChI=1S/C26H28N6O4/c1-17(2)24(25-28-29-30-32(25)16-22-7-5-11-36-22)31(15-21-6-4-10-35-21)14-19-12-18-8-9-20(34-3)13-23(18)27-26(19)33/h4-13,17,24H,14-16H2,1-3H3,(H,27,33). The molecule has 1 N–H and O–H groups in total. The van der Waals surface area contributed by atoms with Gasteiger partial charge in [-0.3, -0.25) is 9.69 Å². The van der Waals surface area contributed by atoms with Gasteiger partial charge in [0.15, 0.2) is 5.82 Å². The first-order valence-electron chi connectivity index (χ1n) is 11.8. The van der Waals surface area contributed by atoms with Gasteiger partial charge in [0.1, 0.15) is 23.8 Å². The summed E-state index contributed by atoms with van der Waals surface area (Å²) >= 11 is 0. The van der Waals surface area contributed by atoms with E-state index in [4.69, 9.17) is 13.6 Å². The van der Waals surface area contributed by atoms with E-state index in [2.05, 4.69) is 39.3 Å². The highest BCUT2D eigenvalue weighted by Gasteiger charge is 2.31. The Hall–Kier alpha value is -4.18. The Balaban J connectivity index is 1.53. The average Bonchev–Trinajstić information content (AvgIpc) is 3.64. The van der Waals surface area contributed by atoms with E-state index in [0.29, 0.717) is 36.8 Å². The number of nitrogens with one attached hydrogen (secondary N) is 1. The number of fused-ring (bicyclic) bond motifs is 1. The molecule has 0 saturated carbocycles. The van der Waals surface area contributed by atoms with Crippen LogP contribution in [0.5, 0.6) is 5.75 Å². The molecule has 10 nitrogen and oxygen atoms in total. The van der Waals surface area contributed by atoms with Crippen molar-refractivity contribution in [2.75, 3.05) is 7.11 Å². The van der Waals surface area contributed by atoms with Crippen LogP contribution in [0.25, 0.3) is 10.9 Å². The summed E-state index contributed by atoms with van der Waals surface area (Å²) < 4.78 is 18.2. The number of furan rings is 2. The molecule has 0 amide bonds. The number of nitrogens with zero attached hydrogens (tertiary/aromatic N) is 5. The molecule has 1 atom stereocenters. The summed E-state index contributed by atoms with van der Waals surface area (Å²) in [4.78, 5) is 18.3. The normalized spacial score (nSPS) is 12.6. The first-order chi connectivity index (χ1) is 17.5. The van der Waals surface area contributed by atoms with Gasteiger partial charge < -0.3 is 18.6 Å². The smallest absolute Gasteiger partial charge is 0.252 e. The van der Waals surface area contributed by atoms with Crippen molar-refractivity contribution in [3.63, 3.8) is 0 Å². The molecule has 0 spiro atoms. The average molecular weight is 489 g/mol. The predicted molar refractivity (Wildman–Crippen MR) is 132 cm³/mol. The Bertz CT molecular complexity index is 1470. The summed E-state index contributed by atoms with van der Waals surface area (Å²) in [5.41, 5.74) is 1.20. The van der Waals surface area contributed by atoms with E-state index in [0.717, 1.165) is 22.4 Å². The fourth-order valence-corrected chi connectivity index (χ4v) is 4.51. The zero-order valence-corrected chi connectivity index (χ0v) is 20.4. The number of ether oxygens (including phenoxy) is 1. The third-order valence-electron chi connectivity index (χ3n) is 6.18. The van der Waals surface area contributed by atoms with Crippen molar-refractivity contribution in [3.05, 3.63) is 94.3 Å². The molecule has 1 unspecified atom stereocenters. The maximum Gasteiger partial charge on any atom is 0.252 e. The number of aromatic nitrogens is 5. The number of benzene rings is 1. The van der Waals surface area contributed by atoms with Gasteiger partial charge in [0.05, 0.1) is 37.7 Å². The molecule has 5 aromatic rings. The minimum atomic E-state index is -0.203. The zero-order chi connectivity index (χ0) is 25.1. The fraction of sp³-hybridized carbons (Fsp3) is 0.308. The summed E-state index contributed by atoms with van der Waals surface area (Å²) in [6.45, 7) is 5.48. The van der Waals surface area contributed by atoms with E-state index in [1.165, 1.54) is 0 Å². The molecule has 10 heteroatoms. The van der Waals surface area contributed by atoms with Gasteiger partial charge in [0.2, 0.25) is 0 Å². The van der Waals surface area contributed by atoms with E-state index < -0.39 is 0 Å². The van der Waals surface area contributed by atoms with Crippen LogP contribution < -0.4 is 10.3 Å². The molecule has 0 saturated heterocycles. The van der Waals surface area contributed by atoms with Crippen molar-refractivity contribution in [2.45, 2.75) is 39.5 Å². The molecule has 4 heterocycles. The number of methoxy groups -OCH3 is 1. The molecule has 186 valence electrons. The highest BCUT2D eigenvalue weighted by Crippen LogP contribution is 2.31. The van der Waals surface area contributed by atoms with Crippen molar-refractivity contribution < 1.29 is 13.6 Å². The van der Waals surface area contributed by atoms with E-state index in [-0.39, 0.29) is 17.5 Å². The van der Waals surface area contributed by atoms with E-state index in [1.807, 2.05) is 48.5 Å². The van der Waals surface area contributed by atoms with Crippen LogP contribution in [0.15, 0.2) is 74.7 Å². The van der Waals surface area contributed by atoms with Crippen LogP contribution in [-0.2, 0) is 19.6 Å². The van der Waals surface area contributed by atoms with Crippen molar-refractivity contribution >= 4 is 10.9 Å². The first-order valence-corrected chi connectivity index (χ1v) is 11.8. The van der Waals surface area contributed by atoms with Crippen LogP contribution in [0.3, 0.4) is 0 Å². The second kappa shape index (κ2) is 10.2.